The van der Waals surface area contributed by atoms with E-state index >= 15 is 0 Å². The zero-order valence-electron chi connectivity index (χ0n) is 8.66. The van der Waals surface area contributed by atoms with Crippen molar-refractivity contribution in [3.8, 4) is 6.07 Å². The first kappa shape index (κ1) is 11.3. The summed E-state index contributed by atoms with van der Waals surface area (Å²) in [5.74, 6) is -0.835. The molecule has 0 radical (unpaired) electrons. The Kier molecular flexibility index (Phi) is 3.87. The summed E-state index contributed by atoms with van der Waals surface area (Å²) in [4.78, 5) is 10.4. The van der Waals surface area contributed by atoms with Crippen molar-refractivity contribution in [3.63, 3.8) is 0 Å². The molecule has 1 rings (SSSR count). The van der Waals surface area contributed by atoms with Crippen LogP contribution >= 0.6 is 0 Å². The van der Waals surface area contributed by atoms with Crippen LogP contribution in [0, 0.1) is 11.3 Å². The van der Waals surface area contributed by atoms with Crippen molar-refractivity contribution in [2.45, 2.75) is 26.2 Å². The fourth-order valence-electron chi connectivity index (χ4n) is 1.41. The predicted octanol–water partition coefficient (Wildman–Crippen LogP) is 2.14. The van der Waals surface area contributed by atoms with Crippen molar-refractivity contribution in [3.05, 3.63) is 34.9 Å². The molecule has 0 aromatic heterocycles. The number of carboxylic acid groups (broad SMARTS) is 1. The zero-order chi connectivity index (χ0) is 11.3. The first-order valence-electron chi connectivity index (χ1n) is 4.91. The molecular weight excluding hydrogens is 190 g/mol. The first-order chi connectivity index (χ1) is 7.17. The van der Waals surface area contributed by atoms with Crippen molar-refractivity contribution in [1.29, 1.82) is 5.26 Å². The number of aliphatic carboxylic acids is 1. The van der Waals surface area contributed by atoms with Gasteiger partial charge < -0.3 is 5.11 Å². The molecule has 1 N–H and O–H groups in total. The standard InChI is InChI=1S/C12H13NO2/c1-2-9-3-4-10(5-6-12(14)15)11(7-9)8-13/h3-4,7H,2,5-6H2,1H3,(H,14,15). The summed E-state index contributed by atoms with van der Waals surface area (Å²) in [5, 5.41) is 17.5. The van der Waals surface area contributed by atoms with Gasteiger partial charge in [-0.25, -0.2) is 0 Å². The minimum Gasteiger partial charge on any atom is -0.481 e. The fourth-order valence-corrected chi connectivity index (χ4v) is 1.41. The Bertz CT molecular complexity index is 405. The lowest BCUT2D eigenvalue weighted by molar-refractivity contribution is -0.136. The minimum atomic E-state index is -0.835. The van der Waals surface area contributed by atoms with Crippen LogP contribution in [0.1, 0.15) is 30.0 Å². The Morgan fingerprint density at radius 1 is 1.53 bits per heavy atom. The van der Waals surface area contributed by atoms with Gasteiger partial charge in [-0.15, -0.1) is 0 Å². The Balaban J connectivity index is 2.89. The van der Waals surface area contributed by atoms with Crippen molar-refractivity contribution in [2.24, 2.45) is 0 Å². The Morgan fingerprint density at radius 3 is 2.80 bits per heavy atom. The molecule has 0 aliphatic rings. The van der Waals surface area contributed by atoms with Crippen molar-refractivity contribution < 1.29 is 9.90 Å². The van der Waals surface area contributed by atoms with Crippen LogP contribution in [0.15, 0.2) is 18.2 Å². The average Bonchev–Trinajstić information content (AvgIpc) is 2.25. The molecule has 0 saturated heterocycles. The van der Waals surface area contributed by atoms with Gasteiger partial charge in [0.15, 0.2) is 0 Å². The van der Waals surface area contributed by atoms with Crippen LogP contribution in [0.25, 0.3) is 0 Å². The highest BCUT2D eigenvalue weighted by atomic mass is 16.4. The number of hydrogen-bond donors (Lipinski definition) is 1. The second-order valence-electron chi connectivity index (χ2n) is 3.35. The lowest BCUT2D eigenvalue weighted by Crippen LogP contribution is -1.99. The molecule has 78 valence electrons. The molecule has 15 heavy (non-hydrogen) atoms. The molecular formula is C12H13NO2. The number of nitrogens with zero attached hydrogens (tertiary/aromatic N) is 1. The van der Waals surface area contributed by atoms with Gasteiger partial charge in [0.2, 0.25) is 0 Å². The number of aryl methyl sites for hydroxylation is 2. The Hall–Kier alpha value is -1.82. The first-order valence-corrected chi connectivity index (χ1v) is 4.91. The molecule has 0 saturated carbocycles. The maximum Gasteiger partial charge on any atom is 0.303 e. The van der Waals surface area contributed by atoms with Gasteiger partial charge in [0.05, 0.1) is 11.6 Å². The summed E-state index contributed by atoms with van der Waals surface area (Å²) in [6, 6.07) is 7.72. The van der Waals surface area contributed by atoms with E-state index < -0.39 is 5.97 Å². The minimum absolute atomic E-state index is 0.0696. The molecule has 0 spiro atoms. The molecule has 1 aromatic carbocycles. The van der Waals surface area contributed by atoms with Crippen LogP contribution in [-0.4, -0.2) is 11.1 Å². The van der Waals surface area contributed by atoms with Gasteiger partial charge in [-0.05, 0) is 30.0 Å². The number of rotatable bonds is 4. The highest BCUT2D eigenvalue weighted by Crippen LogP contribution is 2.13. The maximum atomic E-state index is 10.4. The largest absolute Gasteiger partial charge is 0.481 e. The van der Waals surface area contributed by atoms with E-state index in [0.29, 0.717) is 12.0 Å². The molecule has 0 heterocycles. The molecule has 0 aliphatic heterocycles. The SMILES string of the molecule is CCc1ccc(CCC(=O)O)c(C#N)c1. The summed E-state index contributed by atoms with van der Waals surface area (Å²) < 4.78 is 0. The third kappa shape index (κ3) is 3.10. The van der Waals surface area contributed by atoms with E-state index in [1.165, 1.54) is 0 Å². The van der Waals surface area contributed by atoms with E-state index in [4.69, 9.17) is 10.4 Å². The highest BCUT2D eigenvalue weighted by Gasteiger charge is 2.05. The zero-order valence-corrected chi connectivity index (χ0v) is 8.66. The summed E-state index contributed by atoms with van der Waals surface area (Å²) in [7, 11) is 0. The second-order valence-corrected chi connectivity index (χ2v) is 3.35. The van der Waals surface area contributed by atoms with Gasteiger partial charge in [0.25, 0.3) is 0 Å². The van der Waals surface area contributed by atoms with E-state index in [1.54, 1.807) is 0 Å². The van der Waals surface area contributed by atoms with Crippen LogP contribution < -0.4 is 0 Å². The number of hydrogen-bond acceptors (Lipinski definition) is 2. The quantitative estimate of drug-likeness (QED) is 0.815. The summed E-state index contributed by atoms with van der Waals surface area (Å²) in [5.41, 5.74) is 2.51. The number of carbonyl (C=O) groups is 1. The molecule has 0 bridgehead atoms. The summed E-state index contributed by atoms with van der Waals surface area (Å²) in [6.45, 7) is 2.02. The topological polar surface area (TPSA) is 61.1 Å². The predicted molar refractivity (Wildman–Crippen MR) is 56.5 cm³/mol. The van der Waals surface area contributed by atoms with Crippen molar-refractivity contribution in [1.82, 2.24) is 0 Å². The lowest BCUT2D eigenvalue weighted by atomic mass is 10.00. The molecule has 1 aromatic rings. The van der Waals surface area contributed by atoms with Gasteiger partial charge in [0, 0.05) is 6.42 Å². The highest BCUT2D eigenvalue weighted by molar-refractivity contribution is 5.67. The number of benzene rings is 1. The average molecular weight is 203 g/mol. The van der Waals surface area contributed by atoms with Crippen LogP contribution in [0.2, 0.25) is 0 Å². The molecule has 0 fully saturated rings. The lowest BCUT2D eigenvalue weighted by Gasteiger charge is -2.04. The maximum absolute atomic E-state index is 10.4. The smallest absolute Gasteiger partial charge is 0.303 e. The third-order valence-corrected chi connectivity index (χ3v) is 2.31. The van der Waals surface area contributed by atoms with E-state index in [1.807, 2.05) is 25.1 Å². The molecule has 3 nitrogen and oxygen atoms in total. The van der Waals surface area contributed by atoms with Gasteiger partial charge >= 0.3 is 5.97 Å². The molecule has 3 heteroatoms. The second kappa shape index (κ2) is 5.16. The van der Waals surface area contributed by atoms with Gasteiger partial charge in [-0.2, -0.15) is 5.26 Å². The van der Waals surface area contributed by atoms with Crippen LogP contribution in [0.4, 0.5) is 0 Å². The normalized spacial score (nSPS) is 9.60. The molecule has 0 atom stereocenters. The molecule has 0 amide bonds. The van der Waals surface area contributed by atoms with Gasteiger partial charge in [-0.3, -0.25) is 4.79 Å². The molecule has 0 unspecified atom stereocenters. The fraction of sp³-hybridized carbons (Fsp3) is 0.333. The Labute approximate surface area is 89.0 Å². The number of carboxylic acids is 1. The molecule has 0 aliphatic carbocycles. The Morgan fingerprint density at radius 2 is 2.27 bits per heavy atom. The summed E-state index contributed by atoms with van der Waals surface area (Å²) >= 11 is 0. The third-order valence-electron chi connectivity index (χ3n) is 2.31. The summed E-state index contributed by atoms with van der Waals surface area (Å²) in [6.07, 6.45) is 1.37. The van der Waals surface area contributed by atoms with E-state index in [-0.39, 0.29) is 6.42 Å². The van der Waals surface area contributed by atoms with Gasteiger partial charge in [-0.1, -0.05) is 19.1 Å². The van der Waals surface area contributed by atoms with Crippen molar-refractivity contribution in [2.75, 3.05) is 0 Å². The van der Waals surface area contributed by atoms with Crippen LogP contribution in [0.3, 0.4) is 0 Å². The van der Waals surface area contributed by atoms with Crippen LogP contribution in [-0.2, 0) is 17.6 Å². The number of nitriles is 1. The van der Waals surface area contributed by atoms with E-state index in [0.717, 1.165) is 17.5 Å². The van der Waals surface area contributed by atoms with E-state index in [9.17, 15) is 4.79 Å². The van der Waals surface area contributed by atoms with Crippen LogP contribution in [0.5, 0.6) is 0 Å². The van der Waals surface area contributed by atoms with Gasteiger partial charge in [0.1, 0.15) is 0 Å². The monoisotopic (exact) mass is 203 g/mol. The van der Waals surface area contributed by atoms with Crippen molar-refractivity contribution >= 4 is 5.97 Å². The van der Waals surface area contributed by atoms with E-state index in [2.05, 4.69) is 6.07 Å².